The second kappa shape index (κ2) is 15.5. The molecule has 0 radical (unpaired) electrons. The van der Waals surface area contributed by atoms with Crippen molar-refractivity contribution >= 4 is 39.1 Å². The van der Waals surface area contributed by atoms with Gasteiger partial charge in [-0.3, -0.25) is 13.9 Å². The summed E-state index contributed by atoms with van der Waals surface area (Å²) in [6.45, 7) is 1.86. The lowest BCUT2D eigenvalue weighted by atomic mass is 10.0. The van der Waals surface area contributed by atoms with Crippen molar-refractivity contribution < 1.29 is 22.4 Å². The van der Waals surface area contributed by atoms with Crippen LogP contribution in [0.5, 0.6) is 0 Å². The number of unbranched alkanes of at least 4 members (excludes halogenated alkanes) is 1. The normalized spacial score (nSPS) is 11.9. The van der Waals surface area contributed by atoms with Gasteiger partial charge in [0.2, 0.25) is 11.8 Å². The average Bonchev–Trinajstić information content (AvgIpc) is 3.03. The molecule has 1 unspecified atom stereocenters. The van der Waals surface area contributed by atoms with Crippen LogP contribution >= 0.6 is 11.6 Å². The highest BCUT2D eigenvalue weighted by molar-refractivity contribution is 7.92. The number of anilines is 1. The van der Waals surface area contributed by atoms with E-state index in [0.717, 1.165) is 34.8 Å². The van der Waals surface area contributed by atoms with Crippen LogP contribution < -0.4 is 9.62 Å². The maximum atomic E-state index is 14.3. The van der Waals surface area contributed by atoms with Gasteiger partial charge in [0.25, 0.3) is 10.0 Å². The van der Waals surface area contributed by atoms with E-state index in [0.29, 0.717) is 17.1 Å². The average molecular weight is 636 g/mol. The van der Waals surface area contributed by atoms with Crippen molar-refractivity contribution in [3.63, 3.8) is 0 Å². The van der Waals surface area contributed by atoms with Crippen molar-refractivity contribution in [3.8, 4) is 0 Å². The van der Waals surface area contributed by atoms with Crippen molar-refractivity contribution in [2.24, 2.45) is 0 Å². The molecule has 0 aromatic heterocycles. The Morgan fingerprint density at radius 1 is 0.841 bits per heavy atom. The minimum absolute atomic E-state index is 0.0251. The first-order valence-corrected chi connectivity index (χ1v) is 16.2. The molecule has 1 atom stereocenters. The SMILES string of the molecule is CCCCNC(=O)C(Cc1ccccc1)N(Cc1ccc(Cl)cc1)C(=O)CN(c1ccc(F)cc1)S(=O)(=O)c1ccccc1. The summed E-state index contributed by atoms with van der Waals surface area (Å²) in [5.41, 5.74) is 1.66. The molecule has 4 aromatic rings. The molecule has 0 aliphatic heterocycles. The lowest BCUT2D eigenvalue weighted by Crippen LogP contribution is -2.53. The second-order valence-corrected chi connectivity index (χ2v) is 12.6. The first kappa shape index (κ1) is 32.7. The Morgan fingerprint density at radius 2 is 1.45 bits per heavy atom. The molecule has 10 heteroatoms. The number of nitrogens with zero attached hydrogens (tertiary/aromatic N) is 2. The summed E-state index contributed by atoms with van der Waals surface area (Å²) in [6, 6.07) is 27.9. The first-order valence-electron chi connectivity index (χ1n) is 14.4. The number of sulfonamides is 1. The van der Waals surface area contributed by atoms with Gasteiger partial charge in [0.1, 0.15) is 18.4 Å². The Bertz CT molecular complexity index is 1620. The fraction of sp³-hybridized carbons (Fsp3) is 0.235. The van der Waals surface area contributed by atoms with Gasteiger partial charge in [0.05, 0.1) is 10.6 Å². The Kier molecular flexibility index (Phi) is 11.5. The topological polar surface area (TPSA) is 86.8 Å². The Hall–Kier alpha value is -4.21. The molecule has 2 amide bonds. The predicted octanol–water partition coefficient (Wildman–Crippen LogP) is 6.23. The summed E-state index contributed by atoms with van der Waals surface area (Å²) in [6.07, 6.45) is 1.85. The van der Waals surface area contributed by atoms with Crippen LogP contribution in [0.15, 0.2) is 114 Å². The molecular formula is C34H35ClFN3O4S. The molecule has 230 valence electrons. The molecule has 0 bridgehead atoms. The fourth-order valence-corrected chi connectivity index (χ4v) is 6.26. The second-order valence-electron chi connectivity index (χ2n) is 10.3. The predicted molar refractivity (Wildman–Crippen MR) is 171 cm³/mol. The highest BCUT2D eigenvalue weighted by Gasteiger charge is 2.34. The van der Waals surface area contributed by atoms with Crippen LogP contribution in [0, 0.1) is 5.82 Å². The van der Waals surface area contributed by atoms with E-state index in [9.17, 15) is 22.4 Å². The minimum atomic E-state index is -4.25. The molecule has 1 N–H and O–H groups in total. The van der Waals surface area contributed by atoms with Crippen molar-refractivity contribution in [1.29, 1.82) is 0 Å². The van der Waals surface area contributed by atoms with Crippen molar-refractivity contribution in [3.05, 3.63) is 131 Å². The minimum Gasteiger partial charge on any atom is -0.354 e. The summed E-state index contributed by atoms with van der Waals surface area (Å²) < 4.78 is 42.6. The van der Waals surface area contributed by atoms with Crippen LogP contribution in [0.25, 0.3) is 0 Å². The lowest BCUT2D eigenvalue weighted by Gasteiger charge is -2.34. The third kappa shape index (κ3) is 8.67. The summed E-state index contributed by atoms with van der Waals surface area (Å²) >= 11 is 6.11. The number of halogens is 2. The quantitative estimate of drug-likeness (QED) is 0.166. The number of rotatable bonds is 14. The number of hydrogen-bond acceptors (Lipinski definition) is 4. The van der Waals surface area contributed by atoms with Gasteiger partial charge in [-0.15, -0.1) is 0 Å². The number of hydrogen-bond donors (Lipinski definition) is 1. The van der Waals surface area contributed by atoms with Gasteiger partial charge in [0.15, 0.2) is 0 Å². The van der Waals surface area contributed by atoms with Crippen LogP contribution in [-0.2, 0) is 32.6 Å². The Labute approximate surface area is 263 Å². The van der Waals surface area contributed by atoms with E-state index in [1.54, 1.807) is 42.5 Å². The maximum Gasteiger partial charge on any atom is 0.264 e. The van der Waals surface area contributed by atoms with Crippen LogP contribution in [0.4, 0.5) is 10.1 Å². The molecule has 4 rings (SSSR count). The smallest absolute Gasteiger partial charge is 0.264 e. The van der Waals surface area contributed by atoms with Gasteiger partial charge in [-0.2, -0.15) is 0 Å². The zero-order valence-corrected chi connectivity index (χ0v) is 26.0. The zero-order chi connectivity index (χ0) is 31.5. The molecule has 0 aliphatic carbocycles. The third-order valence-electron chi connectivity index (χ3n) is 7.09. The fourth-order valence-electron chi connectivity index (χ4n) is 4.70. The highest BCUT2D eigenvalue weighted by atomic mass is 35.5. The van der Waals surface area contributed by atoms with Crippen LogP contribution in [0.2, 0.25) is 5.02 Å². The van der Waals surface area contributed by atoms with E-state index in [1.165, 1.54) is 29.2 Å². The molecule has 7 nitrogen and oxygen atoms in total. The van der Waals surface area contributed by atoms with Crippen LogP contribution in [0.1, 0.15) is 30.9 Å². The van der Waals surface area contributed by atoms with E-state index in [-0.39, 0.29) is 29.5 Å². The van der Waals surface area contributed by atoms with E-state index in [1.807, 2.05) is 37.3 Å². The van der Waals surface area contributed by atoms with Gasteiger partial charge in [-0.1, -0.05) is 85.6 Å². The van der Waals surface area contributed by atoms with Gasteiger partial charge < -0.3 is 10.2 Å². The number of carbonyl (C=O) groups is 2. The first-order chi connectivity index (χ1) is 21.2. The Balaban J connectivity index is 1.77. The van der Waals surface area contributed by atoms with Gasteiger partial charge in [0, 0.05) is 24.5 Å². The number of benzene rings is 4. The standard InChI is InChI=1S/C34H35ClFN3O4S/c1-2-3-22-37-34(41)32(23-26-10-6-4-7-11-26)38(24-27-14-16-28(35)17-15-27)33(40)25-39(30-20-18-29(36)19-21-30)44(42,43)31-12-8-5-9-13-31/h4-21,32H,2-3,22-25H2,1H3,(H,37,41). The molecule has 0 fully saturated rings. The number of nitrogens with one attached hydrogen (secondary N) is 1. The zero-order valence-electron chi connectivity index (χ0n) is 24.4. The van der Waals surface area contributed by atoms with Crippen molar-refractivity contribution in [1.82, 2.24) is 10.2 Å². The van der Waals surface area contributed by atoms with Gasteiger partial charge in [-0.25, -0.2) is 12.8 Å². The Morgan fingerprint density at radius 3 is 2.07 bits per heavy atom. The lowest BCUT2D eigenvalue weighted by molar-refractivity contribution is -0.140. The van der Waals surface area contributed by atoms with Crippen LogP contribution in [-0.4, -0.2) is 44.3 Å². The highest BCUT2D eigenvalue weighted by Crippen LogP contribution is 2.25. The summed E-state index contributed by atoms with van der Waals surface area (Å²) in [4.78, 5) is 29.5. The number of amides is 2. The maximum absolute atomic E-state index is 14.3. The van der Waals surface area contributed by atoms with Gasteiger partial charge >= 0.3 is 0 Å². The van der Waals surface area contributed by atoms with E-state index in [4.69, 9.17) is 11.6 Å². The monoisotopic (exact) mass is 635 g/mol. The third-order valence-corrected chi connectivity index (χ3v) is 9.13. The van der Waals surface area contributed by atoms with E-state index >= 15 is 0 Å². The molecule has 4 aromatic carbocycles. The molecule has 0 saturated heterocycles. The molecule has 0 spiro atoms. The largest absolute Gasteiger partial charge is 0.354 e. The molecule has 44 heavy (non-hydrogen) atoms. The molecule has 0 aliphatic rings. The summed E-state index contributed by atoms with van der Waals surface area (Å²) in [7, 11) is -4.25. The summed E-state index contributed by atoms with van der Waals surface area (Å²) in [5, 5.41) is 3.47. The number of carbonyl (C=O) groups excluding carboxylic acids is 2. The molecule has 0 saturated carbocycles. The summed E-state index contributed by atoms with van der Waals surface area (Å²) in [5.74, 6) is -1.49. The molecular weight excluding hydrogens is 601 g/mol. The van der Waals surface area contributed by atoms with Crippen molar-refractivity contribution in [2.45, 2.75) is 43.7 Å². The molecule has 0 heterocycles. The van der Waals surface area contributed by atoms with Gasteiger partial charge in [-0.05, 0) is 66.1 Å². The van der Waals surface area contributed by atoms with E-state index < -0.39 is 34.3 Å². The van der Waals surface area contributed by atoms with Crippen molar-refractivity contribution in [2.75, 3.05) is 17.4 Å². The van der Waals surface area contributed by atoms with E-state index in [2.05, 4.69) is 5.32 Å². The van der Waals surface area contributed by atoms with Crippen LogP contribution in [0.3, 0.4) is 0 Å².